The zero-order valence-corrected chi connectivity index (χ0v) is 12.8. The third kappa shape index (κ3) is 1.85. The van der Waals surface area contributed by atoms with Gasteiger partial charge >= 0.3 is 5.97 Å². The van der Waals surface area contributed by atoms with Crippen LogP contribution in [0.5, 0.6) is 0 Å². The molecule has 3 unspecified atom stereocenters. The molecular weight excluding hydrogens is 276 g/mol. The van der Waals surface area contributed by atoms with E-state index in [9.17, 15) is 4.79 Å². The fourth-order valence-electron chi connectivity index (χ4n) is 3.92. The number of hydrogen-bond donors (Lipinski definition) is 0. The topological polar surface area (TPSA) is 52.1 Å². The Kier molecular flexibility index (Phi) is 3.05. The van der Waals surface area contributed by atoms with Crippen molar-refractivity contribution in [1.82, 2.24) is 10.2 Å². The van der Waals surface area contributed by atoms with E-state index in [-0.39, 0.29) is 27.8 Å². The van der Waals surface area contributed by atoms with Crippen LogP contribution >= 0.6 is 11.6 Å². The van der Waals surface area contributed by atoms with Gasteiger partial charge in [-0.2, -0.15) is 0 Å². The largest absolute Gasteiger partial charge is 0.457 e. The lowest BCUT2D eigenvalue weighted by Gasteiger charge is -2.38. The first-order valence-corrected chi connectivity index (χ1v) is 7.42. The second-order valence-electron chi connectivity index (χ2n) is 6.75. The molecule has 0 amide bonds. The summed E-state index contributed by atoms with van der Waals surface area (Å²) in [5.74, 6) is 0.241. The first-order chi connectivity index (χ1) is 9.34. The second kappa shape index (κ2) is 4.42. The molecule has 2 saturated carbocycles. The first-order valence-electron chi connectivity index (χ1n) is 7.05. The third-order valence-electron chi connectivity index (χ3n) is 5.80. The van der Waals surface area contributed by atoms with Crippen molar-refractivity contribution in [2.24, 2.45) is 16.7 Å². The lowest BCUT2D eigenvalue weighted by Crippen LogP contribution is -2.38. The molecule has 3 rings (SSSR count). The quantitative estimate of drug-likeness (QED) is 0.783. The summed E-state index contributed by atoms with van der Waals surface area (Å²) in [5.41, 5.74) is 0.509. The Labute approximate surface area is 123 Å². The Balaban J connectivity index is 1.76. The molecule has 1 heterocycles. The Morgan fingerprint density at radius 1 is 1.35 bits per heavy atom. The summed E-state index contributed by atoms with van der Waals surface area (Å²) >= 11 is 5.67. The normalized spacial score (nSPS) is 34.2. The van der Waals surface area contributed by atoms with Gasteiger partial charge in [0, 0.05) is 5.41 Å². The number of carbonyl (C=O) groups excluding carboxylic acids is 1. The molecule has 0 spiro atoms. The van der Waals surface area contributed by atoms with Crippen molar-refractivity contribution >= 4 is 17.6 Å². The lowest BCUT2D eigenvalue weighted by molar-refractivity contribution is -0.0248. The summed E-state index contributed by atoms with van der Waals surface area (Å²) in [5, 5.41) is 7.74. The van der Waals surface area contributed by atoms with E-state index in [0.29, 0.717) is 5.92 Å². The molecule has 2 aliphatic carbocycles. The molecule has 2 fully saturated rings. The van der Waals surface area contributed by atoms with Crippen molar-refractivity contribution in [3.63, 3.8) is 0 Å². The lowest BCUT2D eigenvalue weighted by atomic mass is 9.70. The molecule has 0 N–H and O–H groups in total. The van der Waals surface area contributed by atoms with Gasteiger partial charge in [-0.3, -0.25) is 0 Å². The van der Waals surface area contributed by atoms with Crippen molar-refractivity contribution in [2.45, 2.75) is 46.1 Å². The van der Waals surface area contributed by atoms with E-state index in [1.54, 1.807) is 12.1 Å². The molecule has 2 aliphatic rings. The molecule has 3 atom stereocenters. The Morgan fingerprint density at radius 3 is 2.60 bits per heavy atom. The monoisotopic (exact) mass is 294 g/mol. The number of rotatable bonds is 2. The number of carbonyl (C=O) groups is 1. The predicted octanol–water partition coefficient (Wildman–Crippen LogP) is 3.50. The summed E-state index contributed by atoms with van der Waals surface area (Å²) in [4.78, 5) is 12.2. The first kappa shape index (κ1) is 13.8. The van der Waals surface area contributed by atoms with Crippen LogP contribution in [0.15, 0.2) is 12.1 Å². The molecule has 5 heteroatoms. The van der Waals surface area contributed by atoms with Gasteiger partial charge in [-0.05, 0) is 42.7 Å². The van der Waals surface area contributed by atoms with Crippen molar-refractivity contribution < 1.29 is 9.53 Å². The average Bonchev–Trinajstić information content (AvgIpc) is 2.72. The van der Waals surface area contributed by atoms with E-state index in [1.807, 2.05) is 0 Å². The molecule has 1 aromatic rings. The molecule has 0 radical (unpaired) electrons. The highest BCUT2D eigenvalue weighted by Crippen LogP contribution is 2.66. The van der Waals surface area contributed by atoms with Gasteiger partial charge in [0.2, 0.25) is 0 Å². The number of nitrogens with zero attached hydrogens (tertiary/aromatic N) is 2. The van der Waals surface area contributed by atoms with Crippen molar-refractivity contribution in [3.8, 4) is 0 Å². The van der Waals surface area contributed by atoms with Crippen molar-refractivity contribution in [1.29, 1.82) is 0 Å². The SMILES string of the molecule is CC1(C)C2CCC1(C)C(OC(=O)c1ccc(Cl)nn1)C2. The minimum absolute atomic E-state index is 0.0266. The summed E-state index contributed by atoms with van der Waals surface area (Å²) in [6, 6.07) is 3.11. The van der Waals surface area contributed by atoms with Gasteiger partial charge in [-0.1, -0.05) is 32.4 Å². The fourth-order valence-corrected chi connectivity index (χ4v) is 4.02. The van der Waals surface area contributed by atoms with Gasteiger partial charge in [-0.15, -0.1) is 10.2 Å². The standard InChI is InChI=1S/C15H19ClN2O2/c1-14(2)9-6-7-15(14,3)11(8-9)20-13(19)10-4-5-12(16)18-17-10/h4-5,9,11H,6-8H2,1-3H3. The van der Waals surface area contributed by atoms with Crippen LogP contribution in [-0.4, -0.2) is 22.3 Å². The number of halogens is 1. The van der Waals surface area contributed by atoms with Crippen molar-refractivity contribution in [3.05, 3.63) is 23.0 Å². The highest BCUT2D eigenvalue weighted by molar-refractivity contribution is 6.29. The number of ether oxygens (including phenoxy) is 1. The Hall–Kier alpha value is -1.16. The van der Waals surface area contributed by atoms with E-state index >= 15 is 0 Å². The molecule has 0 aromatic carbocycles. The minimum atomic E-state index is -0.399. The molecule has 20 heavy (non-hydrogen) atoms. The molecule has 108 valence electrons. The van der Waals surface area contributed by atoms with Crippen LogP contribution in [0.4, 0.5) is 0 Å². The molecular formula is C15H19ClN2O2. The smallest absolute Gasteiger partial charge is 0.359 e. The van der Waals surface area contributed by atoms with Crippen LogP contribution in [0.2, 0.25) is 5.15 Å². The van der Waals surface area contributed by atoms with Gasteiger partial charge in [0.15, 0.2) is 10.8 Å². The Bertz CT molecular complexity index is 543. The number of fused-ring (bicyclic) bond motifs is 2. The predicted molar refractivity (Wildman–Crippen MR) is 75.5 cm³/mol. The molecule has 0 saturated heterocycles. The highest BCUT2D eigenvalue weighted by atomic mass is 35.5. The van der Waals surface area contributed by atoms with Gasteiger partial charge in [0.1, 0.15) is 6.10 Å². The molecule has 0 aliphatic heterocycles. The maximum atomic E-state index is 12.2. The van der Waals surface area contributed by atoms with Gasteiger partial charge in [0.05, 0.1) is 0 Å². The number of esters is 1. The zero-order chi connectivity index (χ0) is 14.5. The summed E-state index contributed by atoms with van der Waals surface area (Å²) in [7, 11) is 0. The average molecular weight is 295 g/mol. The molecule has 2 bridgehead atoms. The van der Waals surface area contributed by atoms with Crippen LogP contribution in [0.25, 0.3) is 0 Å². The summed E-state index contributed by atoms with van der Waals surface area (Å²) < 4.78 is 5.73. The highest BCUT2D eigenvalue weighted by Gasteiger charge is 2.62. The van der Waals surface area contributed by atoms with Crippen LogP contribution in [0.3, 0.4) is 0 Å². The number of hydrogen-bond acceptors (Lipinski definition) is 4. The van der Waals surface area contributed by atoms with Crippen LogP contribution in [-0.2, 0) is 4.74 Å². The van der Waals surface area contributed by atoms with Gasteiger partial charge in [-0.25, -0.2) is 4.79 Å². The summed E-state index contributed by atoms with van der Waals surface area (Å²) in [6.45, 7) is 6.83. The fraction of sp³-hybridized carbons (Fsp3) is 0.667. The molecule has 4 nitrogen and oxygen atoms in total. The maximum absolute atomic E-state index is 12.2. The van der Waals surface area contributed by atoms with E-state index < -0.39 is 5.97 Å². The van der Waals surface area contributed by atoms with E-state index in [2.05, 4.69) is 31.0 Å². The second-order valence-corrected chi connectivity index (χ2v) is 7.13. The van der Waals surface area contributed by atoms with Crippen molar-refractivity contribution in [2.75, 3.05) is 0 Å². The van der Waals surface area contributed by atoms with Crippen LogP contribution in [0, 0.1) is 16.7 Å². The third-order valence-corrected chi connectivity index (χ3v) is 6.01. The maximum Gasteiger partial charge on any atom is 0.359 e. The van der Waals surface area contributed by atoms with Crippen LogP contribution in [0.1, 0.15) is 50.5 Å². The van der Waals surface area contributed by atoms with E-state index in [1.165, 1.54) is 6.42 Å². The molecule has 1 aromatic heterocycles. The number of aromatic nitrogens is 2. The van der Waals surface area contributed by atoms with E-state index in [4.69, 9.17) is 16.3 Å². The Morgan fingerprint density at radius 2 is 2.10 bits per heavy atom. The van der Waals surface area contributed by atoms with Gasteiger partial charge in [0.25, 0.3) is 0 Å². The summed E-state index contributed by atoms with van der Waals surface area (Å²) in [6.07, 6.45) is 3.28. The van der Waals surface area contributed by atoms with E-state index in [0.717, 1.165) is 12.8 Å². The minimum Gasteiger partial charge on any atom is -0.457 e. The van der Waals surface area contributed by atoms with Crippen LogP contribution < -0.4 is 0 Å². The van der Waals surface area contributed by atoms with Gasteiger partial charge < -0.3 is 4.74 Å². The zero-order valence-electron chi connectivity index (χ0n) is 12.0.